The van der Waals surface area contributed by atoms with E-state index >= 15 is 0 Å². The Kier molecular flexibility index (Phi) is 11.1. The van der Waals surface area contributed by atoms with Crippen LogP contribution >= 0.6 is 23.1 Å². The zero-order valence-corrected chi connectivity index (χ0v) is 28.7. The van der Waals surface area contributed by atoms with Gasteiger partial charge in [0.2, 0.25) is 5.91 Å². The number of carbonyl (C=O) groups excluding carboxylic acids is 4. The van der Waals surface area contributed by atoms with E-state index in [1.807, 2.05) is 75.4 Å². The topological polar surface area (TPSA) is 123 Å². The monoisotopic (exact) mass is 687 g/mol. The molecule has 1 unspecified atom stereocenters. The number of hydrogen-bond donors (Lipinski definition) is 2. The molecule has 0 radical (unpaired) electrons. The molecule has 3 aromatic carbocycles. The molecule has 1 atom stereocenters. The maximum atomic E-state index is 14.1. The second-order valence-corrected chi connectivity index (χ2v) is 14.2. The van der Waals surface area contributed by atoms with Crippen molar-refractivity contribution in [1.29, 1.82) is 0 Å². The van der Waals surface area contributed by atoms with Crippen molar-refractivity contribution in [3.05, 3.63) is 106 Å². The molecule has 0 saturated heterocycles. The molecule has 3 amide bonds. The Hall–Kier alpha value is -4.81. The average molecular weight is 688 g/mol. The summed E-state index contributed by atoms with van der Waals surface area (Å²) in [4.78, 5) is 55.6. The number of esters is 1. The fourth-order valence-corrected chi connectivity index (χ4v) is 7.35. The van der Waals surface area contributed by atoms with Crippen LogP contribution in [0.15, 0.2) is 89.8 Å². The van der Waals surface area contributed by atoms with Gasteiger partial charge < -0.3 is 29.7 Å². The molecule has 0 aliphatic carbocycles. The molecule has 10 nitrogen and oxygen atoms in total. The Morgan fingerprint density at radius 2 is 1.65 bits per heavy atom. The first kappa shape index (κ1) is 34.5. The van der Waals surface area contributed by atoms with Crippen LogP contribution in [0.4, 0.5) is 15.5 Å². The van der Waals surface area contributed by atoms with E-state index in [9.17, 15) is 19.2 Å². The van der Waals surface area contributed by atoms with Crippen LogP contribution in [0.1, 0.15) is 52.4 Å². The largest absolute Gasteiger partial charge is 0.484 e. The highest BCUT2D eigenvalue weighted by Crippen LogP contribution is 2.41. The summed E-state index contributed by atoms with van der Waals surface area (Å²) in [5.74, 6) is -0.627. The van der Waals surface area contributed by atoms with Gasteiger partial charge in [0.15, 0.2) is 6.61 Å². The Morgan fingerprint density at radius 3 is 2.33 bits per heavy atom. The van der Waals surface area contributed by atoms with Crippen LogP contribution in [0.5, 0.6) is 5.75 Å². The lowest BCUT2D eigenvalue weighted by Crippen LogP contribution is -2.39. The number of rotatable bonds is 10. The number of fused-ring (bicyclic) bond motifs is 1. The van der Waals surface area contributed by atoms with Gasteiger partial charge in [-0.3, -0.25) is 9.59 Å². The summed E-state index contributed by atoms with van der Waals surface area (Å²) in [6.45, 7) is 5.89. The number of nitrogens with zero attached hydrogens (tertiary/aromatic N) is 1. The predicted octanol–water partition coefficient (Wildman–Crippen LogP) is 7.32. The van der Waals surface area contributed by atoms with Crippen LogP contribution in [0.25, 0.3) is 0 Å². The standard InChI is InChI=1S/C36H37N3O7S2/c1-36(2,3)46-35(43)39-19-18-27-28(21-39)48-33(30(27)34(42)44-4)38-32(41)31(23-12-7-5-8-13-23)47-26-17-11-14-24(20-26)37-29(40)22-45-25-15-9-6-10-16-25/h5-17,20,31H,18-19,21-22H2,1-4H3,(H,37,40)(H,38,41). The van der Waals surface area contributed by atoms with Gasteiger partial charge in [0.05, 0.1) is 19.2 Å². The maximum Gasteiger partial charge on any atom is 0.410 e. The number of carbonyl (C=O) groups is 4. The summed E-state index contributed by atoms with van der Waals surface area (Å²) in [7, 11) is 1.30. The van der Waals surface area contributed by atoms with Crippen molar-refractivity contribution in [1.82, 2.24) is 4.90 Å². The Morgan fingerprint density at radius 1 is 0.938 bits per heavy atom. The number of thioether (sulfide) groups is 1. The van der Waals surface area contributed by atoms with Gasteiger partial charge in [-0.25, -0.2) is 9.59 Å². The molecule has 2 N–H and O–H groups in total. The van der Waals surface area contributed by atoms with E-state index in [0.29, 0.717) is 35.0 Å². The van der Waals surface area contributed by atoms with Gasteiger partial charge in [0, 0.05) is 22.0 Å². The highest BCUT2D eigenvalue weighted by Gasteiger charge is 2.33. The van der Waals surface area contributed by atoms with Crippen molar-refractivity contribution in [3.63, 3.8) is 0 Å². The Labute approximate surface area is 287 Å². The molecule has 0 spiro atoms. The summed E-state index contributed by atoms with van der Waals surface area (Å²) < 4.78 is 16.2. The molecule has 0 fully saturated rings. The predicted molar refractivity (Wildman–Crippen MR) is 187 cm³/mol. The molecule has 4 aromatic rings. The second-order valence-electron chi connectivity index (χ2n) is 11.9. The number of ether oxygens (including phenoxy) is 3. The summed E-state index contributed by atoms with van der Waals surface area (Å²) in [5.41, 5.74) is 1.72. The lowest BCUT2D eigenvalue weighted by molar-refractivity contribution is -0.118. The molecule has 0 bridgehead atoms. The van der Waals surface area contributed by atoms with E-state index in [4.69, 9.17) is 14.2 Å². The number of para-hydroxylation sites is 1. The van der Waals surface area contributed by atoms with E-state index in [2.05, 4.69) is 10.6 Å². The van der Waals surface area contributed by atoms with Crippen molar-refractivity contribution >= 4 is 57.7 Å². The van der Waals surface area contributed by atoms with E-state index in [1.165, 1.54) is 30.2 Å². The number of benzene rings is 3. The van der Waals surface area contributed by atoms with E-state index in [-0.39, 0.29) is 25.0 Å². The number of nitrogens with one attached hydrogen (secondary N) is 2. The smallest absolute Gasteiger partial charge is 0.410 e. The van der Waals surface area contributed by atoms with Crippen LogP contribution in [0.2, 0.25) is 0 Å². The fraction of sp³-hybridized carbons (Fsp3) is 0.278. The van der Waals surface area contributed by atoms with Crippen LogP contribution in [-0.2, 0) is 32.0 Å². The molecule has 250 valence electrons. The third-order valence-electron chi connectivity index (χ3n) is 7.16. The minimum atomic E-state index is -0.707. The Bertz CT molecular complexity index is 1770. The van der Waals surface area contributed by atoms with Gasteiger partial charge in [-0.15, -0.1) is 23.1 Å². The third kappa shape index (κ3) is 8.96. The zero-order valence-electron chi connectivity index (χ0n) is 27.1. The average Bonchev–Trinajstić information content (AvgIpc) is 3.43. The zero-order chi connectivity index (χ0) is 34.3. The van der Waals surface area contributed by atoms with Crippen molar-refractivity contribution in [3.8, 4) is 5.75 Å². The second kappa shape index (κ2) is 15.4. The molecule has 1 aliphatic heterocycles. The van der Waals surface area contributed by atoms with Crippen LogP contribution in [-0.4, -0.2) is 54.6 Å². The lowest BCUT2D eigenvalue weighted by Gasteiger charge is -2.30. The van der Waals surface area contributed by atoms with Crippen molar-refractivity contribution in [2.75, 3.05) is 30.9 Å². The van der Waals surface area contributed by atoms with Crippen molar-refractivity contribution in [2.45, 2.75) is 49.5 Å². The first-order chi connectivity index (χ1) is 23.0. The third-order valence-corrected chi connectivity index (χ3v) is 9.54. The lowest BCUT2D eigenvalue weighted by atomic mass is 10.0. The molecule has 48 heavy (non-hydrogen) atoms. The van der Waals surface area contributed by atoms with Crippen molar-refractivity contribution < 1.29 is 33.4 Å². The number of thiophene rings is 1. The van der Waals surface area contributed by atoms with Gasteiger partial charge in [-0.05, 0) is 68.7 Å². The minimum Gasteiger partial charge on any atom is -0.484 e. The molecule has 0 saturated carbocycles. The highest BCUT2D eigenvalue weighted by molar-refractivity contribution is 8.00. The summed E-state index contributed by atoms with van der Waals surface area (Å²) in [6, 6.07) is 25.6. The molecule has 5 rings (SSSR count). The first-order valence-corrected chi connectivity index (χ1v) is 17.0. The molecule has 12 heteroatoms. The molecular formula is C36H37N3O7S2. The fourth-order valence-electron chi connectivity index (χ4n) is 5.02. The molecule has 1 aromatic heterocycles. The van der Waals surface area contributed by atoms with Crippen LogP contribution in [0.3, 0.4) is 0 Å². The normalized spacial score (nSPS) is 13.1. The highest BCUT2D eigenvalue weighted by atomic mass is 32.2. The molecule has 1 aliphatic rings. The van der Waals surface area contributed by atoms with Gasteiger partial charge >= 0.3 is 12.1 Å². The molecule has 2 heterocycles. The number of amides is 3. The minimum absolute atomic E-state index is 0.153. The summed E-state index contributed by atoms with van der Waals surface area (Å²) in [5, 5.41) is 5.51. The number of hydrogen-bond acceptors (Lipinski definition) is 9. The summed E-state index contributed by atoms with van der Waals surface area (Å²) in [6.07, 6.45) is -0.0219. The maximum absolute atomic E-state index is 14.1. The first-order valence-electron chi connectivity index (χ1n) is 15.3. The van der Waals surface area contributed by atoms with E-state index in [1.54, 1.807) is 35.2 Å². The van der Waals surface area contributed by atoms with Crippen LogP contribution < -0.4 is 15.4 Å². The van der Waals surface area contributed by atoms with Gasteiger partial charge in [0.1, 0.15) is 21.6 Å². The quantitative estimate of drug-likeness (QED) is 0.131. The molecular weight excluding hydrogens is 651 g/mol. The van der Waals surface area contributed by atoms with E-state index < -0.39 is 22.9 Å². The van der Waals surface area contributed by atoms with E-state index in [0.717, 1.165) is 20.9 Å². The van der Waals surface area contributed by atoms with Crippen LogP contribution in [0, 0.1) is 0 Å². The van der Waals surface area contributed by atoms with Crippen molar-refractivity contribution in [2.24, 2.45) is 0 Å². The number of methoxy groups -OCH3 is 1. The van der Waals surface area contributed by atoms with Gasteiger partial charge in [0.25, 0.3) is 5.91 Å². The number of anilines is 2. The SMILES string of the molecule is COC(=O)c1c(NC(=O)C(Sc2cccc(NC(=O)COc3ccccc3)c2)c2ccccc2)sc2c1CCN(C(=O)OC(C)(C)C)C2. The van der Waals surface area contributed by atoms with Gasteiger partial charge in [-0.1, -0.05) is 54.6 Å². The Balaban J connectivity index is 1.34. The van der Waals surface area contributed by atoms with Gasteiger partial charge in [-0.2, -0.15) is 0 Å². The summed E-state index contributed by atoms with van der Waals surface area (Å²) >= 11 is 2.56.